The van der Waals surface area contributed by atoms with Crippen molar-refractivity contribution < 1.29 is 83.0 Å². The first-order valence-corrected chi connectivity index (χ1v) is 30.7. The summed E-state index contributed by atoms with van der Waals surface area (Å²) in [4.78, 5) is 140. The minimum Gasteiger partial charge on any atom is -0.508 e. The third kappa shape index (κ3) is 23.7. The van der Waals surface area contributed by atoms with Crippen LogP contribution in [0, 0.1) is 10.8 Å². The van der Waals surface area contributed by atoms with Gasteiger partial charge in [-0.2, -0.15) is 0 Å². The van der Waals surface area contributed by atoms with E-state index in [0.29, 0.717) is 59.0 Å². The number of benzene rings is 4. The molecule has 0 bridgehead atoms. The molecule has 2 aliphatic rings. The molecule has 30 heteroatoms. The van der Waals surface area contributed by atoms with Crippen molar-refractivity contribution in [2.75, 3.05) is 18.4 Å². The van der Waals surface area contributed by atoms with E-state index in [2.05, 4.69) is 42.5 Å². The van der Waals surface area contributed by atoms with Crippen LogP contribution >= 0.6 is 12.2 Å². The smallest absolute Gasteiger partial charge is 0.336 e. The Kier molecular flexibility index (Phi) is 27.6. The molecule has 5 rings (SSSR count). The highest BCUT2D eigenvalue weighted by atomic mass is 32.1. The van der Waals surface area contributed by atoms with Crippen LogP contribution in [0.2, 0.25) is 0 Å². The average molecular weight is 1320 g/mol. The maximum absolute atomic E-state index is 14.4. The minimum absolute atomic E-state index is 0.0147. The summed E-state index contributed by atoms with van der Waals surface area (Å²) in [6.07, 6.45) is -0.0688. The summed E-state index contributed by atoms with van der Waals surface area (Å²) in [5.74, 6) is -9.91. The van der Waals surface area contributed by atoms with Crippen LogP contribution in [0.1, 0.15) is 127 Å². The van der Waals surface area contributed by atoms with Crippen LogP contribution in [-0.4, -0.2) is 150 Å². The lowest BCUT2D eigenvalue weighted by Gasteiger charge is -2.34. The lowest BCUT2D eigenvalue weighted by atomic mass is 9.76. The van der Waals surface area contributed by atoms with Gasteiger partial charge in [0.25, 0.3) is 0 Å². The lowest BCUT2D eigenvalue weighted by Crippen LogP contribution is -2.56. The zero-order valence-corrected chi connectivity index (χ0v) is 53.2. The number of amides is 6. The number of guanidine groups is 1. The second kappa shape index (κ2) is 34.9. The standard InChI is InChI=1S/C64H81N11O18S/c1-5-64(4,27-26-63(2,3)75-50(78)24-22-45(58(88)89)73-61(92)74-46(59(90)91)23-25-52(80)81)34-51(79)70-47(30-35-12-7-6-8-13-35)55(83)71-43(15-11-29-67-60(65)66)54(82)72-44(57(86)87)14-9-10-28-68-62(94)69-36-16-19-39(42(31-36)56(84)85)53-40-20-17-37(76)32-48(40)93-49-33-38(77)18-21-41(49)53/h6-8,12-13,16-21,31-33,43-47,76H,5,9-11,14-15,22-30,34H2,1-4H3,(H,70,79)(H,71,83)(H,72,82)(H,75,78)(H,80,81)(H,84,85)(H,86,87)(H,88,89)(H,90,91)(H4,65,66,67)(H2,68,69,94)(H2,73,74,92)/t43-,44-,45-,46-,47-,64?/m0/s1. The topological polar surface area (TPSA) is 480 Å². The molecule has 29 nitrogen and oxygen atoms in total. The number of carbonyl (C=O) groups excluding carboxylic acids is 5. The van der Waals surface area contributed by atoms with E-state index in [9.17, 15) is 78.3 Å². The first-order valence-electron chi connectivity index (χ1n) is 30.3. The first-order chi connectivity index (χ1) is 44.4. The number of aliphatic carboxylic acids is 4. The number of carbonyl (C=O) groups is 10. The number of aromatic carboxylic acids is 1. The van der Waals surface area contributed by atoms with Crippen molar-refractivity contribution in [3.63, 3.8) is 0 Å². The molecule has 0 saturated heterocycles. The molecule has 0 saturated carbocycles. The van der Waals surface area contributed by atoms with E-state index < -0.39 is 114 Å². The quantitative estimate of drug-likeness (QED) is 0.00834. The molecule has 1 aliphatic carbocycles. The Hall–Kier alpha value is -10.4. The summed E-state index contributed by atoms with van der Waals surface area (Å²) in [6.45, 7) is 7.52. The van der Waals surface area contributed by atoms with Gasteiger partial charge in [0.15, 0.2) is 16.5 Å². The van der Waals surface area contributed by atoms with Crippen molar-refractivity contribution in [1.82, 2.24) is 42.5 Å². The molecule has 6 amide bonds. The maximum atomic E-state index is 14.4. The molecule has 0 spiro atoms. The predicted octanol–water partition coefficient (Wildman–Crippen LogP) is 4.80. The van der Waals surface area contributed by atoms with Gasteiger partial charge in [-0.15, -0.1) is 0 Å². The molecule has 0 aromatic heterocycles. The molecule has 94 heavy (non-hydrogen) atoms. The number of thiocarbonyl (C=S) groups is 1. The van der Waals surface area contributed by atoms with E-state index in [-0.39, 0.29) is 104 Å². The number of phenolic OH excluding ortho intramolecular Hbond substituents is 1. The van der Waals surface area contributed by atoms with Gasteiger partial charge in [-0.05, 0) is 137 Å². The van der Waals surface area contributed by atoms with Crippen LogP contribution in [0.4, 0.5) is 10.5 Å². The first kappa shape index (κ1) is 74.3. The summed E-state index contributed by atoms with van der Waals surface area (Å²) in [5.41, 5.74) is 5.82. The van der Waals surface area contributed by atoms with E-state index in [1.807, 2.05) is 19.2 Å². The zero-order valence-electron chi connectivity index (χ0n) is 52.4. The van der Waals surface area contributed by atoms with E-state index >= 15 is 0 Å². The van der Waals surface area contributed by atoms with Crippen LogP contribution in [0.3, 0.4) is 0 Å². The third-order valence-corrected chi connectivity index (χ3v) is 15.9. The van der Waals surface area contributed by atoms with Gasteiger partial charge in [0, 0.05) is 78.6 Å². The van der Waals surface area contributed by atoms with Crippen LogP contribution in [0.15, 0.2) is 94.1 Å². The van der Waals surface area contributed by atoms with Crippen LogP contribution in [0.5, 0.6) is 5.75 Å². The van der Waals surface area contributed by atoms with E-state index in [1.54, 1.807) is 62.4 Å². The minimum atomic E-state index is -1.62. The number of urea groups is 1. The highest BCUT2D eigenvalue weighted by Crippen LogP contribution is 2.42. The highest BCUT2D eigenvalue weighted by Gasteiger charge is 2.35. The van der Waals surface area contributed by atoms with Gasteiger partial charge < -0.3 is 88.6 Å². The molecule has 3 aromatic rings. The summed E-state index contributed by atoms with van der Waals surface area (Å²) in [6, 6.07) is 13.4. The Morgan fingerprint density at radius 3 is 1.87 bits per heavy atom. The van der Waals surface area contributed by atoms with Gasteiger partial charge in [-0.3, -0.25) is 34.2 Å². The molecule has 6 atom stereocenters. The van der Waals surface area contributed by atoms with Crippen molar-refractivity contribution in [2.45, 2.75) is 153 Å². The SMILES string of the molecule is CCC(C)(CCC(C)(C)NC(=O)CC[C@H](NC(=O)N[C@@H](CCC(=O)O)C(=O)O)C(=O)O)CC(=O)N[C@@H](Cc1ccccc1)C(=O)N[C@@H](CCCNC(=N)N)C(=O)N[C@@H](CCCCNC(=S)Nc1ccc(-c2c3ccc(=O)cc-3oc3cc(O)ccc23)c(C(=O)O)c1)C(=O)O. The second-order valence-electron chi connectivity index (χ2n) is 23.7. The normalized spacial score (nSPS) is 13.4. The van der Waals surface area contributed by atoms with Crippen molar-refractivity contribution in [1.29, 1.82) is 5.41 Å². The summed E-state index contributed by atoms with van der Waals surface area (Å²) >= 11 is 5.51. The number of unbranched alkanes of at least 4 members (excludes halogenated alkanes) is 1. The summed E-state index contributed by atoms with van der Waals surface area (Å²) in [5, 5.41) is 90.7. The molecule has 18 N–H and O–H groups in total. The van der Waals surface area contributed by atoms with Crippen molar-refractivity contribution in [3.05, 3.63) is 106 Å². The van der Waals surface area contributed by atoms with Gasteiger partial charge in [-0.1, -0.05) is 56.7 Å². The maximum Gasteiger partial charge on any atom is 0.336 e. The molecule has 1 unspecified atom stereocenters. The fraction of sp³-hybridized carbons (Fsp3) is 0.422. The van der Waals surface area contributed by atoms with Crippen LogP contribution < -0.4 is 59.0 Å². The fourth-order valence-corrected chi connectivity index (χ4v) is 10.5. The molecule has 3 aromatic carbocycles. The fourth-order valence-electron chi connectivity index (χ4n) is 10.2. The number of hydrogen-bond donors (Lipinski definition) is 17. The number of fused-ring (bicyclic) bond motifs is 2. The number of aromatic hydroxyl groups is 1. The number of rotatable bonds is 37. The Morgan fingerprint density at radius 2 is 1.24 bits per heavy atom. The molecule has 506 valence electrons. The third-order valence-electron chi connectivity index (χ3n) is 15.6. The average Bonchev–Trinajstić information content (AvgIpc) is 0.750. The molecular formula is C64H81N11O18S. The predicted molar refractivity (Wildman–Crippen MR) is 349 cm³/mol. The summed E-state index contributed by atoms with van der Waals surface area (Å²) < 4.78 is 5.92. The van der Waals surface area contributed by atoms with Gasteiger partial charge >= 0.3 is 35.9 Å². The van der Waals surface area contributed by atoms with Crippen LogP contribution in [0.25, 0.3) is 33.4 Å². The number of hydrogen-bond acceptors (Lipinski definition) is 15. The lowest BCUT2D eigenvalue weighted by molar-refractivity contribution is -0.143. The Bertz CT molecular complexity index is 3620. The monoisotopic (exact) mass is 1320 g/mol. The van der Waals surface area contributed by atoms with Gasteiger partial charge in [0.05, 0.1) is 5.56 Å². The Morgan fingerprint density at radius 1 is 0.638 bits per heavy atom. The largest absolute Gasteiger partial charge is 0.508 e. The Labute approximate surface area is 545 Å². The summed E-state index contributed by atoms with van der Waals surface area (Å²) in [7, 11) is 0. The number of nitrogens with two attached hydrogens (primary N) is 1. The van der Waals surface area contributed by atoms with Gasteiger partial charge in [0.1, 0.15) is 47.3 Å². The zero-order chi connectivity index (χ0) is 69.5. The van der Waals surface area contributed by atoms with Crippen molar-refractivity contribution in [2.24, 2.45) is 11.1 Å². The van der Waals surface area contributed by atoms with Gasteiger partial charge in [0.2, 0.25) is 23.6 Å². The highest BCUT2D eigenvalue weighted by molar-refractivity contribution is 7.80. The number of nitrogens with one attached hydrogen (secondary N) is 10. The van der Waals surface area contributed by atoms with E-state index in [1.165, 1.54) is 36.4 Å². The second-order valence-corrected chi connectivity index (χ2v) is 24.1. The molecule has 0 fully saturated rings. The van der Waals surface area contributed by atoms with E-state index in [0.717, 1.165) is 0 Å². The number of anilines is 1. The molecule has 1 aliphatic heterocycles. The van der Waals surface area contributed by atoms with Crippen molar-refractivity contribution in [3.8, 4) is 28.2 Å². The van der Waals surface area contributed by atoms with Crippen LogP contribution in [-0.2, 0) is 44.8 Å². The van der Waals surface area contributed by atoms with Gasteiger partial charge in [-0.25, -0.2) is 24.0 Å². The molecular weight excluding hydrogens is 1240 g/mol. The van der Waals surface area contributed by atoms with E-state index in [4.69, 9.17) is 32.9 Å². The molecule has 0 radical (unpaired) electrons. The molecule has 1 heterocycles. The van der Waals surface area contributed by atoms with Crippen molar-refractivity contribution >= 4 is 99.5 Å². The number of carboxylic acids is 5. The number of phenols is 1. The Balaban J connectivity index is 1.18. The number of carboxylic acid groups (broad SMARTS) is 5.